The Kier molecular flexibility index (Phi) is 4.04. The first-order valence-electron chi connectivity index (χ1n) is 3.60. The van der Waals surface area contributed by atoms with Gasteiger partial charge in [-0.05, 0) is 18.2 Å². The minimum absolute atomic E-state index is 0. The monoisotopic (exact) mass is 235 g/mol. The summed E-state index contributed by atoms with van der Waals surface area (Å²) in [5.41, 5.74) is 0.319. The van der Waals surface area contributed by atoms with Crippen LogP contribution in [0.25, 0.3) is 10.9 Å². The molecule has 0 atom stereocenters. The maximum atomic E-state index is 11.4. The summed E-state index contributed by atoms with van der Waals surface area (Å²) in [5.74, 6) is -0.276. The van der Waals surface area contributed by atoms with E-state index >= 15 is 0 Å². The third-order valence-electron chi connectivity index (χ3n) is 1.75. The number of pyridine rings is 1. The molecule has 0 amide bonds. The molecule has 0 spiro atoms. The fourth-order valence-corrected chi connectivity index (χ4v) is 1.66. The van der Waals surface area contributed by atoms with E-state index in [9.17, 15) is 5.11 Å². The van der Waals surface area contributed by atoms with E-state index in [0.29, 0.717) is 15.9 Å². The van der Waals surface area contributed by atoms with E-state index in [4.69, 9.17) is 23.2 Å². The average molecular weight is 236 g/mol. The second kappa shape index (κ2) is 4.69. The summed E-state index contributed by atoms with van der Waals surface area (Å²) in [7, 11) is 0. The number of hydrogen-bond acceptors (Lipinski definition) is 2. The molecule has 1 aromatic carbocycles. The Morgan fingerprint density at radius 3 is 2.64 bits per heavy atom. The molecule has 1 aromatic heterocycles. The molecule has 14 heavy (non-hydrogen) atoms. The van der Waals surface area contributed by atoms with Crippen molar-refractivity contribution in [2.45, 2.75) is 0 Å². The summed E-state index contributed by atoms with van der Waals surface area (Å²) in [6.45, 7) is 0. The standard InChI is InChI=1S/C9H5Cl2NO.Na/c10-6-4-7(11)9(13)8-5(6)2-1-3-12-8;/h1-4,13H;/q;+1/p-1. The number of rotatable bonds is 0. The predicted octanol–water partition coefficient (Wildman–Crippen LogP) is -0.381. The number of aromatic nitrogens is 1. The van der Waals surface area contributed by atoms with E-state index < -0.39 is 0 Å². The van der Waals surface area contributed by atoms with Crippen LogP contribution in [0.2, 0.25) is 10.0 Å². The van der Waals surface area contributed by atoms with Gasteiger partial charge in [0.25, 0.3) is 0 Å². The van der Waals surface area contributed by atoms with Crippen LogP contribution in [0.4, 0.5) is 0 Å². The molecule has 0 saturated heterocycles. The molecule has 5 heteroatoms. The fourth-order valence-electron chi connectivity index (χ4n) is 1.15. The summed E-state index contributed by atoms with van der Waals surface area (Å²) in [4.78, 5) is 3.92. The van der Waals surface area contributed by atoms with Crippen molar-refractivity contribution in [2.24, 2.45) is 0 Å². The second-order valence-corrected chi connectivity index (χ2v) is 3.38. The summed E-state index contributed by atoms with van der Waals surface area (Å²) in [5, 5.41) is 12.6. The van der Waals surface area contributed by atoms with Gasteiger partial charge in [0.2, 0.25) is 0 Å². The van der Waals surface area contributed by atoms with Gasteiger partial charge in [0.15, 0.2) is 0 Å². The van der Waals surface area contributed by atoms with E-state index in [1.54, 1.807) is 12.1 Å². The molecule has 0 aliphatic carbocycles. The topological polar surface area (TPSA) is 36.0 Å². The molecule has 2 aromatic rings. The number of nitrogens with zero attached hydrogens (tertiary/aromatic N) is 1. The fraction of sp³-hybridized carbons (Fsp3) is 0. The smallest absolute Gasteiger partial charge is 0.870 e. The van der Waals surface area contributed by atoms with Gasteiger partial charge in [0, 0.05) is 16.6 Å². The van der Waals surface area contributed by atoms with Crippen molar-refractivity contribution < 1.29 is 34.7 Å². The molecule has 1 heterocycles. The van der Waals surface area contributed by atoms with Gasteiger partial charge in [0.1, 0.15) is 0 Å². The molecule has 0 fully saturated rings. The van der Waals surface area contributed by atoms with Crippen LogP contribution >= 0.6 is 23.2 Å². The van der Waals surface area contributed by atoms with Crippen molar-refractivity contribution in [3.05, 3.63) is 34.4 Å². The molecule has 0 N–H and O–H groups in total. The van der Waals surface area contributed by atoms with Gasteiger partial charge in [-0.1, -0.05) is 29.0 Å². The first-order chi connectivity index (χ1) is 6.20. The van der Waals surface area contributed by atoms with Crippen LogP contribution in [0.5, 0.6) is 5.75 Å². The molecule has 0 bridgehead atoms. The van der Waals surface area contributed by atoms with E-state index in [2.05, 4.69) is 4.98 Å². The van der Waals surface area contributed by atoms with Gasteiger partial charge in [-0.2, -0.15) is 0 Å². The van der Waals surface area contributed by atoms with Crippen LogP contribution in [-0.4, -0.2) is 4.98 Å². The van der Waals surface area contributed by atoms with E-state index in [1.165, 1.54) is 12.3 Å². The van der Waals surface area contributed by atoms with Gasteiger partial charge < -0.3 is 5.11 Å². The summed E-state index contributed by atoms with van der Waals surface area (Å²) in [6, 6.07) is 4.90. The normalized spacial score (nSPS) is 9.86. The first kappa shape index (κ1) is 12.1. The van der Waals surface area contributed by atoms with Crippen LogP contribution < -0.4 is 34.7 Å². The Balaban J connectivity index is 0.000000980. The van der Waals surface area contributed by atoms with Crippen LogP contribution in [0, 0.1) is 0 Å². The van der Waals surface area contributed by atoms with Crippen molar-refractivity contribution in [3.8, 4) is 5.75 Å². The summed E-state index contributed by atoms with van der Waals surface area (Å²) in [6.07, 6.45) is 1.54. The zero-order valence-electron chi connectivity index (χ0n) is 7.42. The van der Waals surface area contributed by atoms with Crippen molar-refractivity contribution >= 4 is 34.1 Å². The maximum absolute atomic E-state index is 11.4. The number of hydrogen-bond donors (Lipinski definition) is 0. The Hall–Kier alpha value is 0.0100. The molecule has 2 rings (SSSR count). The van der Waals surface area contributed by atoms with Gasteiger partial charge in [-0.15, -0.1) is 0 Å². The van der Waals surface area contributed by atoms with E-state index in [1.807, 2.05) is 0 Å². The SMILES string of the molecule is [Na+].[O-]c1c(Cl)cc(Cl)c2cccnc12. The van der Waals surface area contributed by atoms with Crippen molar-refractivity contribution in [1.82, 2.24) is 4.98 Å². The molecule has 2 nitrogen and oxygen atoms in total. The molecule has 0 aliphatic heterocycles. The molecule has 0 aliphatic rings. The maximum Gasteiger partial charge on any atom is 1.00 e. The minimum atomic E-state index is -0.276. The Morgan fingerprint density at radius 1 is 1.21 bits per heavy atom. The van der Waals surface area contributed by atoms with Gasteiger partial charge in [0.05, 0.1) is 10.5 Å². The third kappa shape index (κ3) is 2.00. The predicted molar refractivity (Wildman–Crippen MR) is 51.2 cm³/mol. The van der Waals surface area contributed by atoms with Crippen LogP contribution in [0.15, 0.2) is 24.4 Å². The summed E-state index contributed by atoms with van der Waals surface area (Å²) < 4.78 is 0. The van der Waals surface area contributed by atoms with Crippen LogP contribution in [0.1, 0.15) is 0 Å². The van der Waals surface area contributed by atoms with Gasteiger partial charge >= 0.3 is 29.6 Å². The summed E-state index contributed by atoms with van der Waals surface area (Å²) >= 11 is 11.5. The zero-order valence-corrected chi connectivity index (χ0v) is 10.9. The van der Waals surface area contributed by atoms with Crippen molar-refractivity contribution in [3.63, 3.8) is 0 Å². The minimum Gasteiger partial charge on any atom is -0.870 e. The van der Waals surface area contributed by atoms with Gasteiger partial charge in [-0.25, -0.2) is 0 Å². The van der Waals surface area contributed by atoms with Crippen molar-refractivity contribution in [2.75, 3.05) is 0 Å². The van der Waals surface area contributed by atoms with Crippen LogP contribution in [-0.2, 0) is 0 Å². The second-order valence-electron chi connectivity index (χ2n) is 2.57. The Morgan fingerprint density at radius 2 is 1.93 bits per heavy atom. The third-order valence-corrected chi connectivity index (χ3v) is 2.34. The van der Waals surface area contributed by atoms with E-state index in [-0.39, 0.29) is 40.3 Å². The number of benzene rings is 1. The largest absolute Gasteiger partial charge is 1.00 e. The molecular formula is C9H4Cl2NNaO. The molecule has 0 unspecified atom stereocenters. The van der Waals surface area contributed by atoms with Crippen molar-refractivity contribution in [1.29, 1.82) is 0 Å². The molecule has 66 valence electrons. The molecule has 0 saturated carbocycles. The van der Waals surface area contributed by atoms with Crippen LogP contribution in [0.3, 0.4) is 0 Å². The molecule has 0 radical (unpaired) electrons. The number of fused-ring (bicyclic) bond motifs is 1. The Labute approximate surface area is 113 Å². The first-order valence-corrected chi connectivity index (χ1v) is 4.35. The quantitative estimate of drug-likeness (QED) is 0.584. The zero-order chi connectivity index (χ0) is 9.42. The number of halogens is 2. The van der Waals surface area contributed by atoms with E-state index in [0.717, 1.165) is 0 Å². The Bertz CT molecular complexity index is 476. The van der Waals surface area contributed by atoms with Gasteiger partial charge in [-0.3, -0.25) is 4.98 Å². The average Bonchev–Trinajstić information content (AvgIpc) is 2.15. The molecular weight excluding hydrogens is 232 g/mol.